The molecule has 2 atom stereocenters. The summed E-state index contributed by atoms with van der Waals surface area (Å²) >= 11 is 0. The molecule has 160 valence electrons. The molecule has 2 aliphatic rings. The zero-order valence-corrected chi connectivity index (χ0v) is 16.8. The number of benzene rings is 1. The lowest BCUT2D eigenvalue weighted by atomic mass is 9.81. The van der Waals surface area contributed by atoms with E-state index in [2.05, 4.69) is 9.97 Å². The topological polar surface area (TPSA) is 136 Å². The van der Waals surface area contributed by atoms with Crippen molar-refractivity contribution in [2.75, 3.05) is 13.2 Å². The predicted octanol–water partition coefficient (Wildman–Crippen LogP) is 2.46. The maximum atomic E-state index is 12.4. The van der Waals surface area contributed by atoms with E-state index >= 15 is 0 Å². The molecule has 2 fully saturated rings. The van der Waals surface area contributed by atoms with Crippen LogP contribution in [-0.4, -0.2) is 50.9 Å². The second-order valence-electron chi connectivity index (χ2n) is 7.77. The zero-order chi connectivity index (χ0) is 22.0. The number of H-pyrrole nitrogens is 1. The highest BCUT2D eigenvalue weighted by molar-refractivity contribution is 6.05. The maximum absolute atomic E-state index is 12.4. The number of fused-ring (bicyclic) bond motifs is 2. The van der Waals surface area contributed by atoms with E-state index in [1.165, 1.54) is 0 Å². The summed E-state index contributed by atoms with van der Waals surface area (Å²) in [6, 6.07) is 9.03. The predicted molar refractivity (Wildman–Crippen MR) is 109 cm³/mol. The van der Waals surface area contributed by atoms with Crippen molar-refractivity contribution in [3.05, 3.63) is 35.8 Å². The molecule has 0 radical (unpaired) electrons. The number of carbonyl (C=O) groups excluding carboxylic acids is 3. The number of carbonyl (C=O) groups is 3. The van der Waals surface area contributed by atoms with Crippen LogP contribution in [0.1, 0.15) is 37.9 Å². The molecule has 0 bridgehead atoms. The van der Waals surface area contributed by atoms with Gasteiger partial charge in [-0.15, -0.1) is 0 Å². The third-order valence-electron chi connectivity index (χ3n) is 5.87. The van der Waals surface area contributed by atoms with Gasteiger partial charge in [0.25, 0.3) is 0 Å². The SMILES string of the molecule is N#C/C(=C(/O)COC(=O)CCN1C(=O)C2CCCCC2C1=O)c1nc2ccccc2[nH]1. The molecule has 9 heteroatoms. The highest BCUT2D eigenvalue weighted by Crippen LogP contribution is 2.38. The van der Waals surface area contributed by atoms with Crippen LogP contribution < -0.4 is 0 Å². The Bertz CT molecular complexity index is 1060. The summed E-state index contributed by atoms with van der Waals surface area (Å²) in [5, 5.41) is 19.6. The number of aliphatic hydroxyl groups is 1. The van der Waals surface area contributed by atoms with Gasteiger partial charge in [0.05, 0.1) is 29.3 Å². The Kier molecular flexibility index (Phi) is 5.71. The van der Waals surface area contributed by atoms with E-state index in [4.69, 9.17) is 4.74 Å². The van der Waals surface area contributed by atoms with Crippen LogP contribution in [0.3, 0.4) is 0 Å². The summed E-state index contributed by atoms with van der Waals surface area (Å²) in [4.78, 5) is 45.4. The van der Waals surface area contributed by atoms with Crippen molar-refractivity contribution < 1.29 is 24.2 Å². The molecule has 2 aromatic rings. The number of ether oxygens (including phenoxy) is 1. The van der Waals surface area contributed by atoms with Gasteiger partial charge in [-0.2, -0.15) is 5.26 Å². The largest absolute Gasteiger partial charge is 0.507 e. The Morgan fingerprint density at radius 3 is 2.55 bits per heavy atom. The van der Waals surface area contributed by atoms with E-state index in [0.717, 1.165) is 17.7 Å². The van der Waals surface area contributed by atoms with E-state index in [9.17, 15) is 24.8 Å². The summed E-state index contributed by atoms with van der Waals surface area (Å²) < 4.78 is 5.04. The molecule has 31 heavy (non-hydrogen) atoms. The number of esters is 1. The van der Waals surface area contributed by atoms with Crippen LogP contribution in [0.5, 0.6) is 0 Å². The van der Waals surface area contributed by atoms with Gasteiger partial charge in [0.15, 0.2) is 11.6 Å². The lowest BCUT2D eigenvalue weighted by Crippen LogP contribution is -2.33. The Hall–Kier alpha value is -3.67. The van der Waals surface area contributed by atoms with Crippen molar-refractivity contribution in [1.29, 1.82) is 5.26 Å². The zero-order valence-electron chi connectivity index (χ0n) is 16.8. The van der Waals surface area contributed by atoms with Crippen molar-refractivity contribution in [2.45, 2.75) is 32.1 Å². The van der Waals surface area contributed by atoms with E-state index < -0.39 is 18.3 Å². The number of amides is 2. The Morgan fingerprint density at radius 2 is 1.90 bits per heavy atom. The number of aromatic amines is 1. The number of imide groups is 1. The summed E-state index contributed by atoms with van der Waals surface area (Å²) in [6.07, 6.45) is 3.14. The summed E-state index contributed by atoms with van der Waals surface area (Å²) in [5.74, 6) is -1.87. The third-order valence-corrected chi connectivity index (χ3v) is 5.87. The van der Waals surface area contributed by atoms with Crippen LogP contribution in [0.15, 0.2) is 30.0 Å². The number of para-hydroxylation sites is 2. The van der Waals surface area contributed by atoms with Crippen molar-refractivity contribution in [2.24, 2.45) is 11.8 Å². The number of nitrogens with zero attached hydrogens (tertiary/aromatic N) is 3. The number of allylic oxidation sites excluding steroid dienone is 1. The van der Waals surface area contributed by atoms with Gasteiger partial charge in [0, 0.05) is 6.54 Å². The molecule has 1 aliphatic heterocycles. The van der Waals surface area contributed by atoms with Crippen LogP contribution in [-0.2, 0) is 19.1 Å². The molecule has 2 amide bonds. The molecule has 1 aliphatic carbocycles. The van der Waals surface area contributed by atoms with Crippen LogP contribution in [0.4, 0.5) is 0 Å². The number of hydrogen-bond donors (Lipinski definition) is 2. The summed E-state index contributed by atoms with van der Waals surface area (Å²) in [6.45, 7) is -0.547. The molecule has 2 heterocycles. The van der Waals surface area contributed by atoms with Crippen molar-refractivity contribution >= 4 is 34.4 Å². The first kappa shape index (κ1) is 20.6. The van der Waals surface area contributed by atoms with Gasteiger partial charge in [0.2, 0.25) is 11.8 Å². The minimum atomic E-state index is -0.677. The van der Waals surface area contributed by atoms with Crippen LogP contribution in [0, 0.1) is 23.2 Å². The van der Waals surface area contributed by atoms with Crippen molar-refractivity contribution in [3.8, 4) is 6.07 Å². The quantitative estimate of drug-likeness (QED) is 0.316. The van der Waals surface area contributed by atoms with E-state index in [1.54, 1.807) is 18.2 Å². The molecular formula is C22H22N4O5. The molecule has 1 saturated heterocycles. The normalized spacial score (nSPS) is 21.6. The average molecular weight is 422 g/mol. The number of aliphatic hydroxyl groups excluding tert-OH is 1. The fourth-order valence-corrected chi connectivity index (χ4v) is 4.27. The van der Waals surface area contributed by atoms with Gasteiger partial charge in [-0.05, 0) is 25.0 Å². The lowest BCUT2D eigenvalue weighted by molar-refractivity contribution is -0.145. The van der Waals surface area contributed by atoms with Gasteiger partial charge in [-0.1, -0.05) is 25.0 Å². The molecule has 9 nitrogen and oxygen atoms in total. The summed E-state index contributed by atoms with van der Waals surface area (Å²) in [5.41, 5.74) is 1.21. The minimum absolute atomic E-state index is 0.0390. The fourth-order valence-electron chi connectivity index (χ4n) is 4.27. The number of nitriles is 1. The maximum Gasteiger partial charge on any atom is 0.308 e. The lowest BCUT2D eigenvalue weighted by Gasteiger charge is -2.19. The Labute approximate surface area is 178 Å². The number of likely N-dealkylation sites (tertiary alicyclic amines) is 1. The van der Waals surface area contributed by atoms with Gasteiger partial charge >= 0.3 is 5.97 Å². The van der Waals surface area contributed by atoms with E-state index in [-0.39, 0.29) is 48.0 Å². The summed E-state index contributed by atoms with van der Waals surface area (Å²) in [7, 11) is 0. The molecule has 1 aromatic carbocycles. The fraction of sp³-hybridized carbons (Fsp3) is 0.409. The van der Waals surface area contributed by atoms with Gasteiger partial charge in [-0.3, -0.25) is 19.3 Å². The minimum Gasteiger partial charge on any atom is -0.507 e. The third kappa shape index (κ3) is 4.01. The van der Waals surface area contributed by atoms with Crippen LogP contribution >= 0.6 is 0 Å². The van der Waals surface area contributed by atoms with E-state index in [0.29, 0.717) is 23.9 Å². The molecular weight excluding hydrogens is 400 g/mol. The first-order valence-corrected chi connectivity index (χ1v) is 10.3. The smallest absolute Gasteiger partial charge is 0.308 e. The van der Waals surface area contributed by atoms with Crippen LogP contribution in [0.25, 0.3) is 16.6 Å². The highest BCUT2D eigenvalue weighted by atomic mass is 16.5. The van der Waals surface area contributed by atoms with Crippen molar-refractivity contribution in [3.63, 3.8) is 0 Å². The van der Waals surface area contributed by atoms with Gasteiger partial charge < -0.3 is 14.8 Å². The second-order valence-corrected chi connectivity index (χ2v) is 7.77. The van der Waals surface area contributed by atoms with Crippen LogP contribution in [0.2, 0.25) is 0 Å². The number of rotatable bonds is 6. The monoisotopic (exact) mass is 422 g/mol. The standard InChI is InChI=1S/C22H22N4O5/c23-11-15(20-24-16-7-3-4-8-17(16)25-20)18(27)12-31-19(28)9-10-26-21(29)13-5-1-2-6-14(13)22(26)30/h3-4,7-8,13-14,27H,1-2,5-6,9-10,12H2,(H,24,25)/b18-15-. The Morgan fingerprint density at radius 1 is 1.23 bits per heavy atom. The van der Waals surface area contributed by atoms with Gasteiger partial charge in [-0.25, -0.2) is 4.98 Å². The highest BCUT2D eigenvalue weighted by Gasteiger charge is 2.47. The molecule has 1 aromatic heterocycles. The number of nitrogens with one attached hydrogen (secondary N) is 1. The number of imidazole rings is 1. The average Bonchev–Trinajstić information content (AvgIpc) is 3.31. The van der Waals surface area contributed by atoms with Crippen molar-refractivity contribution in [1.82, 2.24) is 14.9 Å². The molecule has 2 N–H and O–H groups in total. The first-order valence-electron chi connectivity index (χ1n) is 10.3. The number of hydrogen-bond acceptors (Lipinski definition) is 7. The first-order chi connectivity index (χ1) is 15.0. The van der Waals surface area contributed by atoms with E-state index in [1.807, 2.05) is 12.1 Å². The van der Waals surface area contributed by atoms with Gasteiger partial charge in [0.1, 0.15) is 18.2 Å². The molecule has 0 spiro atoms. The second kappa shape index (κ2) is 8.60. The molecule has 2 unspecified atom stereocenters. The number of aromatic nitrogens is 2. The Balaban J connectivity index is 1.35. The molecule has 1 saturated carbocycles. The molecule has 4 rings (SSSR count).